The SMILES string of the molecule is Cc1noc(CC2CCN(C(=O)c3ccc(-n4ccnc4)cc3)CC2)n1. The molecule has 3 heterocycles. The van der Waals surface area contributed by atoms with Crippen molar-refractivity contribution >= 4 is 5.91 Å². The van der Waals surface area contributed by atoms with E-state index in [1.165, 1.54) is 0 Å². The standard InChI is InChI=1S/C19H21N5O2/c1-14-21-18(26-22-14)12-15-6-9-23(10-7-15)19(25)16-2-4-17(5-3-16)24-11-8-20-13-24/h2-5,8,11,13,15H,6-7,9-10,12H2,1H3. The third-order valence-electron chi connectivity index (χ3n) is 4.85. The molecular weight excluding hydrogens is 330 g/mol. The molecule has 0 atom stereocenters. The quantitative estimate of drug-likeness (QED) is 0.722. The number of aryl methyl sites for hydroxylation is 1. The molecule has 2 aromatic heterocycles. The van der Waals surface area contributed by atoms with E-state index in [4.69, 9.17) is 4.52 Å². The number of hydrogen-bond acceptors (Lipinski definition) is 5. The number of amides is 1. The predicted molar refractivity (Wildman–Crippen MR) is 94.9 cm³/mol. The minimum atomic E-state index is 0.0919. The molecule has 1 amide bonds. The van der Waals surface area contributed by atoms with Gasteiger partial charge in [-0.05, 0) is 49.9 Å². The highest BCUT2D eigenvalue weighted by Gasteiger charge is 2.25. The molecule has 0 unspecified atom stereocenters. The van der Waals surface area contributed by atoms with E-state index in [0.717, 1.165) is 43.6 Å². The topological polar surface area (TPSA) is 77.0 Å². The van der Waals surface area contributed by atoms with Crippen LogP contribution in [-0.4, -0.2) is 43.6 Å². The Kier molecular flexibility index (Phi) is 4.51. The van der Waals surface area contributed by atoms with Crippen LogP contribution in [0.1, 0.15) is 34.9 Å². The van der Waals surface area contributed by atoms with Gasteiger partial charge in [0.25, 0.3) is 5.91 Å². The lowest BCUT2D eigenvalue weighted by Gasteiger charge is -2.31. The average Bonchev–Trinajstić information content (AvgIpc) is 3.34. The highest BCUT2D eigenvalue weighted by Crippen LogP contribution is 2.22. The van der Waals surface area contributed by atoms with Gasteiger partial charge in [-0.1, -0.05) is 5.16 Å². The van der Waals surface area contributed by atoms with Gasteiger partial charge in [-0.15, -0.1) is 0 Å². The fourth-order valence-electron chi connectivity index (χ4n) is 3.38. The van der Waals surface area contributed by atoms with Gasteiger partial charge in [0.2, 0.25) is 5.89 Å². The first-order chi connectivity index (χ1) is 12.7. The van der Waals surface area contributed by atoms with Crippen molar-refractivity contribution in [2.45, 2.75) is 26.2 Å². The maximum absolute atomic E-state index is 12.7. The molecule has 0 N–H and O–H groups in total. The van der Waals surface area contributed by atoms with Crippen LogP contribution in [0.4, 0.5) is 0 Å². The van der Waals surface area contributed by atoms with E-state index >= 15 is 0 Å². The summed E-state index contributed by atoms with van der Waals surface area (Å²) in [5.74, 6) is 1.95. The van der Waals surface area contributed by atoms with Gasteiger partial charge in [0.1, 0.15) is 0 Å². The molecule has 1 aliphatic heterocycles. The number of aromatic nitrogens is 4. The largest absolute Gasteiger partial charge is 0.339 e. The van der Waals surface area contributed by atoms with Crippen LogP contribution in [0.3, 0.4) is 0 Å². The molecule has 26 heavy (non-hydrogen) atoms. The van der Waals surface area contributed by atoms with Crippen molar-refractivity contribution in [3.63, 3.8) is 0 Å². The number of carbonyl (C=O) groups excluding carboxylic acids is 1. The lowest BCUT2D eigenvalue weighted by Crippen LogP contribution is -2.38. The molecule has 7 heteroatoms. The monoisotopic (exact) mass is 351 g/mol. The Morgan fingerprint density at radius 2 is 2.00 bits per heavy atom. The van der Waals surface area contributed by atoms with E-state index in [9.17, 15) is 4.79 Å². The van der Waals surface area contributed by atoms with Gasteiger partial charge in [0, 0.05) is 43.2 Å². The number of piperidine rings is 1. The smallest absolute Gasteiger partial charge is 0.253 e. The normalized spacial score (nSPS) is 15.3. The third kappa shape index (κ3) is 3.51. The third-order valence-corrected chi connectivity index (χ3v) is 4.85. The lowest BCUT2D eigenvalue weighted by atomic mass is 9.93. The van der Waals surface area contributed by atoms with Gasteiger partial charge in [0.05, 0.1) is 6.33 Å². The second kappa shape index (κ2) is 7.11. The van der Waals surface area contributed by atoms with Crippen LogP contribution in [-0.2, 0) is 6.42 Å². The van der Waals surface area contributed by atoms with Crippen molar-refractivity contribution in [2.75, 3.05) is 13.1 Å². The van der Waals surface area contributed by atoms with Gasteiger partial charge in [-0.25, -0.2) is 4.98 Å². The first-order valence-corrected chi connectivity index (χ1v) is 8.86. The summed E-state index contributed by atoms with van der Waals surface area (Å²) in [5.41, 5.74) is 1.72. The minimum absolute atomic E-state index is 0.0919. The van der Waals surface area contributed by atoms with E-state index in [-0.39, 0.29) is 5.91 Å². The molecule has 1 fully saturated rings. The van der Waals surface area contributed by atoms with Crippen molar-refractivity contribution in [3.05, 3.63) is 60.3 Å². The van der Waals surface area contributed by atoms with Crippen molar-refractivity contribution in [1.82, 2.24) is 24.6 Å². The summed E-state index contributed by atoms with van der Waals surface area (Å²) < 4.78 is 7.12. The molecule has 0 spiro atoms. The maximum atomic E-state index is 12.7. The molecule has 0 bridgehead atoms. The Balaban J connectivity index is 1.34. The van der Waals surface area contributed by atoms with Gasteiger partial charge >= 0.3 is 0 Å². The van der Waals surface area contributed by atoms with E-state index in [0.29, 0.717) is 17.6 Å². The molecular formula is C19H21N5O2. The fraction of sp³-hybridized carbons (Fsp3) is 0.368. The highest BCUT2D eigenvalue weighted by molar-refractivity contribution is 5.94. The molecule has 3 aromatic rings. The van der Waals surface area contributed by atoms with Gasteiger partial charge < -0.3 is 14.0 Å². The summed E-state index contributed by atoms with van der Waals surface area (Å²) in [6.45, 7) is 3.35. The summed E-state index contributed by atoms with van der Waals surface area (Å²) in [7, 11) is 0. The maximum Gasteiger partial charge on any atom is 0.253 e. The Bertz CT molecular complexity index is 862. The number of imidazole rings is 1. The number of benzene rings is 1. The van der Waals surface area contributed by atoms with Crippen molar-refractivity contribution < 1.29 is 9.32 Å². The van der Waals surface area contributed by atoms with E-state index in [2.05, 4.69) is 15.1 Å². The van der Waals surface area contributed by atoms with Crippen molar-refractivity contribution in [1.29, 1.82) is 0 Å². The van der Waals surface area contributed by atoms with Crippen molar-refractivity contribution in [2.24, 2.45) is 5.92 Å². The number of nitrogens with zero attached hydrogens (tertiary/aromatic N) is 5. The van der Waals surface area contributed by atoms with Gasteiger partial charge in [-0.2, -0.15) is 4.98 Å². The molecule has 1 aliphatic rings. The van der Waals surface area contributed by atoms with Gasteiger partial charge in [-0.3, -0.25) is 4.79 Å². The van der Waals surface area contributed by atoms with Crippen LogP contribution in [0.5, 0.6) is 0 Å². The second-order valence-corrected chi connectivity index (χ2v) is 6.69. The number of hydrogen-bond donors (Lipinski definition) is 0. The van der Waals surface area contributed by atoms with Crippen LogP contribution in [0.15, 0.2) is 47.5 Å². The van der Waals surface area contributed by atoms with E-state index in [1.54, 1.807) is 12.5 Å². The molecule has 0 saturated carbocycles. The molecule has 1 aromatic carbocycles. The summed E-state index contributed by atoms with van der Waals surface area (Å²) in [6.07, 6.45) is 8.07. The first kappa shape index (κ1) is 16.5. The summed E-state index contributed by atoms with van der Waals surface area (Å²) >= 11 is 0. The minimum Gasteiger partial charge on any atom is -0.339 e. The Morgan fingerprint density at radius 3 is 2.62 bits per heavy atom. The van der Waals surface area contributed by atoms with Crippen LogP contribution in [0.2, 0.25) is 0 Å². The van der Waals surface area contributed by atoms with Gasteiger partial charge in [0.15, 0.2) is 5.82 Å². The summed E-state index contributed by atoms with van der Waals surface area (Å²) in [6, 6.07) is 7.65. The van der Waals surface area contributed by atoms with Crippen LogP contribution < -0.4 is 0 Å². The molecule has 0 aliphatic carbocycles. The molecule has 4 rings (SSSR count). The lowest BCUT2D eigenvalue weighted by molar-refractivity contribution is 0.0687. The zero-order chi connectivity index (χ0) is 17.9. The van der Waals surface area contributed by atoms with E-state index in [1.807, 2.05) is 46.9 Å². The zero-order valence-corrected chi connectivity index (χ0v) is 14.7. The predicted octanol–water partition coefficient (Wildman–Crippen LogP) is 2.66. The molecule has 1 saturated heterocycles. The summed E-state index contributed by atoms with van der Waals surface area (Å²) in [4.78, 5) is 23.0. The second-order valence-electron chi connectivity index (χ2n) is 6.69. The van der Waals surface area contributed by atoms with Crippen LogP contribution in [0.25, 0.3) is 5.69 Å². The molecule has 0 radical (unpaired) electrons. The number of carbonyl (C=O) groups is 1. The highest BCUT2D eigenvalue weighted by atomic mass is 16.5. The van der Waals surface area contributed by atoms with Crippen molar-refractivity contribution in [3.8, 4) is 5.69 Å². The first-order valence-electron chi connectivity index (χ1n) is 8.86. The summed E-state index contributed by atoms with van der Waals surface area (Å²) in [5, 5.41) is 3.83. The zero-order valence-electron chi connectivity index (χ0n) is 14.7. The number of rotatable bonds is 4. The Labute approximate surface area is 151 Å². The fourth-order valence-corrected chi connectivity index (χ4v) is 3.38. The van der Waals surface area contributed by atoms with Crippen LogP contribution in [0, 0.1) is 12.8 Å². The molecule has 134 valence electrons. The van der Waals surface area contributed by atoms with Crippen LogP contribution >= 0.6 is 0 Å². The number of likely N-dealkylation sites (tertiary alicyclic amines) is 1. The Hall–Kier alpha value is -2.96. The van der Waals surface area contributed by atoms with E-state index < -0.39 is 0 Å². The Morgan fingerprint density at radius 1 is 1.23 bits per heavy atom. The molecule has 7 nitrogen and oxygen atoms in total. The average molecular weight is 351 g/mol.